The number of furan rings is 1. The summed E-state index contributed by atoms with van der Waals surface area (Å²) in [5.41, 5.74) is 1.05. The molecule has 0 bridgehead atoms. The summed E-state index contributed by atoms with van der Waals surface area (Å²) in [6.07, 6.45) is 7.39. The van der Waals surface area contributed by atoms with Crippen LogP contribution in [0.25, 0.3) is 11.3 Å². The van der Waals surface area contributed by atoms with E-state index in [0.717, 1.165) is 30.0 Å². The van der Waals surface area contributed by atoms with Gasteiger partial charge in [-0.25, -0.2) is 4.98 Å². The zero-order valence-corrected chi connectivity index (χ0v) is 13.5. The third-order valence-electron chi connectivity index (χ3n) is 3.79. The second kappa shape index (κ2) is 8.15. The first kappa shape index (κ1) is 16.1. The molecule has 5 heteroatoms. The first-order valence-electron chi connectivity index (χ1n) is 8.18. The highest BCUT2D eigenvalue weighted by Gasteiger charge is 2.07. The lowest BCUT2D eigenvalue weighted by Gasteiger charge is -2.05. The van der Waals surface area contributed by atoms with Crippen LogP contribution in [0.1, 0.15) is 18.6 Å². The van der Waals surface area contributed by atoms with E-state index in [0.29, 0.717) is 19.4 Å². The number of nitrogens with one attached hydrogen (secondary N) is 1. The van der Waals surface area contributed by atoms with Crippen LogP contribution in [0.3, 0.4) is 0 Å². The van der Waals surface area contributed by atoms with Gasteiger partial charge in [-0.15, -0.1) is 0 Å². The number of rotatable bonds is 8. The van der Waals surface area contributed by atoms with Crippen LogP contribution in [0.2, 0.25) is 0 Å². The molecule has 5 nitrogen and oxygen atoms in total. The SMILES string of the molecule is O=C(CCc1ccc(-c2ccccc2)o1)NCCCn1ccnc1. The molecule has 0 fully saturated rings. The lowest BCUT2D eigenvalue weighted by molar-refractivity contribution is -0.121. The van der Waals surface area contributed by atoms with Crippen molar-refractivity contribution in [1.82, 2.24) is 14.9 Å². The second-order valence-corrected chi connectivity index (χ2v) is 5.64. The van der Waals surface area contributed by atoms with Gasteiger partial charge in [-0.1, -0.05) is 30.3 Å². The van der Waals surface area contributed by atoms with Gasteiger partial charge in [-0.3, -0.25) is 4.79 Å². The number of aromatic nitrogens is 2. The fourth-order valence-electron chi connectivity index (χ4n) is 2.50. The molecule has 0 atom stereocenters. The summed E-state index contributed by atoms with van der Waals surface area (Å²) in [4.78, 5) is 15.9. The minimum atomic E-state index is 0.0540. The molecule has 1 aromatic carbocycles. The van der Waals surface area contributed by atoms with Crippen LogP contribution in [-0.2, 0) is 17.8 Å². The molecular formula is C19H21N3O2. The van der Waals surface area contributed by atoms with E-state index in [1.54, 1.807) is 12.5 Å². The van der Waals surface area contributed by atoms with Gasteiger partial charge in [-0.05, 0) is 18.6 Å². The molecule has 1 amide bonds. The number of imidazole rings is 1. The fourth-order valence-corrected chi connectivity index (χ4v) is 2.50. The predicted octanol–water partition coefficient (Wildman–Crippen LogP) is 3.28. The Morgan fingerprint density at radius 3 is 2.83 bits per heavy atom. The molecule has 0 spiro atoms. The van der Waals surface area contributed by atoms with Crippen molar-refractivity contribution in [3.63, 3.8) is 0 Å². The lowest BCUT2D eigenvalue weighted by atomic mass is 10.2. The molecule has 3 aromatic rings. The monoisotopic (exact) mass is 323 g/mol. The Bertz CT molecular complexity index is 748. The van der Waals surface area contributed by atoms with Crippen molar-refractivity contribution >= 4 is 5.91 Å². The van der Waals surface area contributed by atoms with Crippen LogP contribution >= 0.6 is 0 Å². The molecule has 0 aliphatic carbocycles. The van der Waals surface area contributed by atoms with E-state index in [-0.39, 0.29) is 5.91 Å². The largest absolute Gasteiger partial charge is 0.461 e. The fraction of sp³-hybridized carbons (Fsp3) is 0.263. The molecule has 0 radical (unpaired) electrons. The summed E-state index contributed by atoms with van der Waals surface area (Å²) >= 11 is 0. The summed E-state index contributed by atoms with van der Waals surface area (Å²) < 4.78 is 7.80. The van der Waals surface area contributed by atoms with E-state index in [4.69, 9.17) is 4.42 Å². The van der Waals surface area contributed by atoms with Crippen LogP contribution in [-0.4, -0.2) is 22.0 Å². The summed E-state index contributed by atoms with van der Waals surface area (Å²) in [6.45, 7) is 1.53. The summed E-state index contributed by atoms with van der Waals surface area (Å²) in [6, 6.07) is 13.8. The maximum Gasteiger partial charge on any atom is 0.220 e. The number of hydrogen-bond donors (Lipinski definition) is 1. The van der Waals surface area contributed by atoms with E-state index >= 15 is 0 Å². The average Bonchev–Trinajstić information content (AvgIpc) is 3.29. The highest BCUT2D eigenvalue weighted by atomic mass is 16.3. The van der Waals surface area contributed by atoms with Gasteiger partial charge in [0.1, 0.15) is 11.5 Å². The standard InChI is InChI=1S/C19H21N3O2/c23-19(21-11-4-13-22-14-12-20-15-22)10-8-17-7-9-18(24-17)16-5-2-1-3-6-16/h1-3,5-7,9,12,14-15H,4,8,10-11,13H2,(H,21,23). The minimum Gasteiger partial charge on any atom is -0.461 e. The molecule has 0 unspecified atom stereocenters. The predicted molar refractivity (Wildman–Crippen MR) is 92.3 cm³/mol. The van der Waals surface area contributed by atoms with Crippen LogP contribution in [0, 0.1) is 0 Å². The molecule has 3 rings (SSSR count). The van der Waals surface area contributed by atoms with Gasteiger partial charge in [0.25, 0.3) is 0 Å². The number of amides is 1. The van der Waals surface area contributed by atoms with Crippen molar-refractivity contribution in [3.8, 4) is 11.3 Å². The van der Waals surface area contributed by atoms with Crippen LogP contribution < -0.4 is 5.32 Å². The Hall–Kier alpha value is -2.82. The van der Waals surface area contributed by atoms with Gasteiger partial charge in [0.15, 0.2) is 0 Å². The Morgan fingerprint density at radius 2 is 2.04 bits per heavy atom. The number of carbonyl (C=O) groups excluding carboxylic acids is 1. The van der Waals surface area contributed by atoms with Crippen molar-refractivity contribution in [2.45, 2.75) is 25.8 Å². The van der Waals surface area contributed by atoms with Gasteiger partial charge >= 0.3 is 0 Å². The molecule has 124 valence electrons. The quantitative estimate of drug-likeness (QED) is 0.647. The highest BCUT2D eigenvalue weighted by Crippen LogP contribution is 2.22. The van der Waals surface area contributed by atoms with E-state index in [1.807, 2.05) is 53.2 Å². The van der Waals surface area contributed by atoms with Gasteiger partial charge in [0.2, 0.25) is 5.91 Å². The summed E-state index contributed by atoms with van der Waals surface area (Å²) in [5, 5.41) is 2.94. The van der Waals surface area contributed by atoms with Crippen molar-refractivity contribution in [2.75, 3.05) is 6.54 Å². The molecule has 0 aliphatic heterocycles. The maximum absolute atomic E-state index is 11.9. The molecule has 0 aliphatic rings. The van der Waals surface area contributed by atoms with Gasteiger partial charge in [0, 0.05) is 43.9 Å². The average molecular weight is 323 g/mol. The molecule has 0 saturated heterocycles. The molecule has 2 aromatic heterocycles. The third-order valence-corrected chi connectivity index (χ3v) is 3.79. The molecular weight excluding hydrogens is 302 g/mol. The molecule has 0 saturated carbocycles. The van der Waals surface area contributed by atoms with Crippen molar-refractivity contribution in [3.05, 3.63) is 66.9 Å². The van der Waals surface area contributed by atoms with Gasteiger partial charge in [-0.2, -0.15) is 0 Å². The number of benzene rings is 1. The lowest BCUT2D eigenvalue weighted by Crippen LogP contribution is -2.25. The number of hydrogen-bond acceptors (Lipinski definition) is 3. The topological polar surface area (TPSA) is 60.1 Å². The first-order chi connectivity index (χ1) is 11.8. The Kier molecular flexibility index (Phi) is 5.45. The van der Waals surface area contributed by atoms with E-state index in [2.05, 4.69) is 10.3 Å². The second-order valence-electron chi connectivity index (χ2n) is 5.64. The maximum atomic E-state index is 11.9. The third kappa shape index (κ3) is 4.59. The molecule has 24 heavy (non-hydrogen) atoms. The van der Waals surface area contributed by atoms with Crippen LogP contribution in [0.15, 0.2) is 65.6 Å². The number of aryl methyl sites for hydroxylation is 2. The number of nitrogens with zero attached hydrogens (tertiary/aromatic N) is 2. The Morgan fingerprint density at radius 1 is 1.17 bits per heavy atom. The van der Waals surface area contributed by atoms with E-state index < -0.39 is 0 Å². The summed E-state index contributed by atoms with van der Waals surface area (Å²) in [5.74, 6) is 1.73. The van der Waals surface area contributed by atoms with Crippen LogP contribution in [0.4, 0.5) is 0 Å². The van der Waals surface area contributed by atoms with E-state index in [9.17, 15) is 4.79 Å². The smallest absolute Gasteiger partial charge is 0.220 e. The van der Waals surface area contributed by atoms with Gasteiger partial charge in [0.05, 0.1) is 6.33 Å². The summed E-state index contributed by atoms with van der Waals surface area (Å²) in [7, 11) is 0. The van der Waals surface area contributed by atoms with Crippen molar-refractivity contribution in [2.24, 2.45) is 0 Å². The van der Waals surface area contributed by atoms with Crippen molar-refractivity contribution in [1.29, 1.82) is 0 Å². The first-order valence-corrected chi connectivity index (χ1v) is 8.18. The number of carbonyl (C=O) groups is 1. The Labute approximate surface area is 141 Å². The zero-order chi connectivity index (χ0) is 16.6. The van der Waals surface area contributed by atoms with E-state index in [1.165, 1.54) is 0 Å². The van der Waals surface area contributed by atoms with Gasteiger partial charge < -0.3 is 14.3 Å². The highest BCUT2D eigenvalue weighted by molar-refractivity contribution is 5.76. The molecule has 1 N–H and O–H groups in total. The Balaban J connectivity index is 1.38. The molecule has 2 heterocycles. The van der Waals surface area contributed by atoms with Crippen molar-refractivity contribution < 1.29 is 9.21 Å². The zero-order valence-electron chi connectivity index (χ0n) is 13.5. The minimum absolute atomic E-state index is 0.0540. The normalized spacial score (nSPS) is 10.7. The van der Waals surface area contributed by atoms with Crippen LogP contribution in [0.5, 0.6) is 0 Å².